The lowest BCUT2D eigenvalue weighted by Crippen LogP contribution is -2.23. The van der Waals surface area contributed by atoms with Gasteiger partial charge in [-0.05, 0) is 54.4 Å². The Morgan fingerprint density at radius 2 is 1.96 bits per heavy atom. The summed E-state index contributed by atoms with van der Waals surface area (Å²) in [4.78, 5) is 14.0. The molecule has 0 unspecified atom stereocenters. The first kappa shape index (κ1) is 17.6. The van der Waals surface area contributed by atoms with Crippen LogP contribution in [0.2, 0.25) is 5.02 Å². The minimum Gasteiger partial charge on any atom is -0.423 e. The fourth-order valence-corrected chi connectivity index (χ4v) is 3.06. The van der Waals surface area contributed by atoms with Crippen LogP contribution in [0.3, 0.4) is 0 Å². The van der Waals surface area contributed by atoms with Gasteiger partial charge in [-0.2, -0.15) is 0 Å². The summed E-state index contributed by atoms with van der Waals surface area (Å²) >= 11 is 6.24. The second kappa shape index (κ2) is 7.38. The van der Waals surface area contributed by atoms with E-state index in [1.807, 2.05) is 26.0 Å². The summed E-state index contributed by atoms with van der Waals surface area (Å²) in [5.41, 5.74) is 2.76. The van der Waals surface area contributed by atoms with E-state index >= 15 is 0 Å². The Kier molecular flexibility index (Phi) is 5.21. The summed E-state index contributed by atoms with van der Waals surface area (Å²) in [5.74, 6) is -0.249. The van der Waals surface area contributed by atoms with Gasteiger partial charge in [0.2, 0.25) is 0 Å². The molecule has 2 aromatic carbocycles. The van der Waals surface area contributed by atoms with Crippen molar-refractivity contribution in [2.75, 3.05) is 6.54 Å². The second-order valence-corrected chi connectivity index (χ2v) is 6.53. The van der Waals surface area contributed by atoms with Gasteiger partial charge in [-0.25, -0.2) is 9.18 Å². The third-order valence-corrected chi connectivity index (χ3v) is 4.65. The van der Waals surface area contributed by atoms with Gasteiger partial charge in [0.1, 0.15) is 11.4 Å². The fraction of sp³-hybridized carbons (Fsp3) is 0.250. The second-order valence-electron chi connectivity index (χ2n) is 6.12. The van der Waals surface area contributed by atoms with Crippen LogP contribution in [0.4, 0.5) is 4.39 Å². The molecule has 0 saturated heterocycles. The molecule has 0 aliphatic carbocycles. The van der Waals surface area contributed by atoms with Crippen molar-refractivity contribution in [3.8, 4) is 0 Å². The van der Waals surface area contributed by atoms with Crippen molar-refractivity contribution in [1.82, 2.24) is 4.90 Å². The molecule has 0 amide bonds. The van der Waals surface area contributed by atoms with E-state index in [2.05, 4.69) is 4.90 Å². The van der Waals surface area contributed by atoms with Crippen molar-refractivity contribution in [2.24, 2.45) is 0 Å². The standard InChI is InChI=1S/C20H19ClFNO2/c1-3-23(11-14-5-4-6-16(22)8-14)12-15-9-20(24)25-19-7-13(2)18(21)10-17(15)19/h4-10H,3,11-12H2,1-2H3. The van der Waals surface area contributed by atoms with E-state index < -0.39 is 0 Å². The summed E-state index contributed by atoms with van der Waals surface area (Å²) in [5, 5.41) is 1.46. The average molecular weight is 360 g/mol. The summed E-state index contributed by atoms with van der Waals surface area (Å²) < 4.78 is 18.7. The maximum Gasteiger partial charge on any atom is 0.336 e. The van der Waals surface area contributed by atoms with Gasteiger partial charge in [0.05, 0.1) is 0 Å². The predicted octanol–water partition coefficient (Wildman–Crippen LogP) is 4.92. The highest BCUT2D eigenvalue weighted by Gasteiger charge is 2.12. The third kappa shape index (κ3) is 4.09. The normalized spacial score (nSPS) is 11.4. The first-order valence-electron chi connectivity index (χ1n) is 8.16. The molecule has 1 aromatic heterocycles. The van der Waals surface area contributed by atoms with E-state index in [0.717, 1.165) is 28.6 Å². The molecular weight excluding hydrogens is 341 g/mol. The number of nitrogens with zero attached hydrogens (tertiary/aromatic N) is 1. The highest BCUT2D eigenvalue weighted by atomic mass is 35.5. The van der Waals surface area contributed by atoms with Crippen LogP contribution in [0.5, 0.6) is 0 Å². The highest BCUT2D eigenvalue weighted by Crippen LogP contribution is 2.26. The van der Waals surface area contributed by atoms with Crippen LogP contribution < -0.4 is 5.63 Å². The molecule has 3 nitrogen and oxygen atoms in total. The van der Waals surface area contributed by atoms with Gasteiger partial charge in [-0.1, -0.05) is 30.7 Å². The summed E-state index contributed by atoms with van der Waals surface area (Å²) in [6.45, 7) is 5.81. The first-order chi connectivity index (χ1) is 12.0. The first-order valence-corrected chi connectivity index (χ1v) is 8.53. The van der Waals surface area contributed by atoms with Crippen molar-refractivity contribution in [3.05, 3.63) is 80.4 Å². The number of hydrogen-bond donors (Lipinski definition) is 0. The Bertz CT molecular complexity index is 968. The molecule has 25 heavy (non-hydrogen) atoms. The Morgan fingerprint density at radius 1 is 1.16 bits per heavy atom. The van der Waals surface area contributed by atoms with Gasteiger partial charge in [0.25, 0.3) is 0 Å². The molecule has 3 aromatic rings. The molecular formula is C20H19ClFNO2. The van der Waals surface area contributed by atoms with Crippen molar-refractivity contribution >= 4 is 22.6 Å². The van der Waals surface area contributed by atoms with Gasteiger partial charge in [0.15, 0.2) is 0 Å². The molecule has 0 saturated carbocycles. The summed E-state index contributed by atoms with van der Waals surface area (Å²) in [6, 6.07) is 11.7. The number of hydrogen-bond acceptors (Lipinski definition) is 3. The van der Waals surface area contributed by atoms with Gasteiger partial charge in [-0.3, -0.25) is 4.90 Å². The maximum absolute atomic E-state index is 13.4. The van der Waals surface area contributed by atoms with Crippen molar-refractivity contribution in [1.29, 1.82) is 0 Å². The molecule has 130 valence electrons. The van der Waals surface area contributed by atoms with Gasteiger partial charge in [-0.15, -0.1) is 0 Å². The zero-order valence-electron chi connectivity index (χ0n) is 14.2. The zero-order chi connectivity index (χ0) is 18.0. The Morgan fingerprint density at radius 3 is 2.68 bits per heavy atom. The van der Waals surface area contributed by atoms with Crippen LogP contribution >= 0.6 is 11.6 Å². The number of benzene rings is 2. The topological polar surface area (TPSA) is 33.5 Å². The number of fused-ring (bicyclic) bond motifs is 1. The fourth-order valence-electron chi connectivity index (χ4n) is 2.89. The van der Waals surface area contributed by atoms with Crippen molar-refractivity contribution in [2.45, 2.75) is 26.9 Å². The molecule has 5 heteroatoms. The van der Waals surface area contributed by atoms with Crippen molar-refractivity contribution in [3.63, 3.8) is 0 Å². The Hall–Kier alpha value is -2.17. The molecule has 3 rings (SSSR count). The molecule has 0 aliphatic rings. The van der Waals surface area contributed by atoms with E-state index in [-0.39, 0.29) is 11.4 Å². The molecule has 0 fully saturated rings. The van der Waals surface area contributed by atoms with Gasteiger partial charge in [0, 0.05) is 29.6 Å². The van der Waals surface area contributed by atoms with Gasteiger partial charge >= 0.3 is 5.63 Å². The molecule has 0 atom stereocenters. The van der Waals surface area contributed by atoms with Gasteiger partial charge < -0.3 is 4.42 Å². The molecule has 0 radical (unpaired) electrons. The molecule has 0 aliphatic heterocycles. The van der Waals surface area contributed by atoms with Crippen LogP contribution in [0, 0.1) is 12.7 Å². The lowest BCUT2D eigenvalue weighted by molar-refractivity contribution is 0.271. The molecule has 0 bridgehead atoms. The van der Waals surface area contributed by atoms with Crippen LogP contribution in [0.1, 0.15) is 23.6 Å². The number of rotatable bonds is 5. The van der Waals surface area contributed by atoms with Crippen LogP contribution in [-0.4, -0.2) is 11.4 Å². The SMILES string of the molecule is CCN(Cc1cccc(F)c1)Cc1cc(=O)oc2cc(C)c(Cl)cc12. The molecule has 0 spiro atoms. The van der Waals surface area contributed by atoms with E-state index in [4.69, 9.17) is 16.0 Å². The van der Waals surface area contributed by atoms with E-state index in [1.54, 1.807) is 12.1 Å². The van der Waals surface area contributed by atoms with Crippen LogP contribution in [0.25, 0.3) is 11.0 Å². The van der Waals surface area contributed by atoms with E-state index in [9.17, 15) is 9.18 Å². The quantitative estimate of drug-likeness (QED) is 0.606. The Labute approximate surface area is 150 Å². The predicted molar refractivity (Wildman–Crippen MR) is 98.4 cm³/mol. The molecule has 0 N–H and O–H groups in total. The number of halogens is 2. The highest BCUT2D eigenvalue weighted by molar-refractivity contribution is 6.32. The monoisotopic (exact) mass is 359 g/mol. The average Bonchev–Trinajstić information content (AvgIpc) is 2.56. The zero-order valence-corrected chi connectivity index (χ0v) is 14.9. The van der Waals surface area contributed by atoms with E-state index in [0.29, 0.717) is 23.7 Å². The lowest BCUT2D eigenvalue weighted by atomic mass is 10.1. The van der Waals surface area contributed by atoms with Crippen LogP contribution in [-0.2, 0) is 13.1 Å². The van der Waals surface area contributed by atoms with Crippen LogP contribution in [0.15, 0.2) is 51.7 Å². The third-order valence-electron chi connectivity index (χ3n) is 4.25. The maximum atomic E-state index is 13.4. The minimum absolute atomic E-state index is 0.249. The number of aryl methyl sites for hydroxylation is 1. The lowest BCUT2D eigenvalue weighted by Gasteiger charge is -2.21. The summed E-state index contributed by atoms with van der Waals surface area (Å²) in [7, 11) is 0. The molecule has 1 heterocycles. The van der Waals surface area contributed by atoms with Crippen molar-refractivity contribution < 1.29 is 8.81 Å². The summed E-state index contributed by atoms with van der Waals surface area (Å²) in [6.07, 6.45) is 0. The van der Waals surface area contributed by atoms with E-state index in [1.165, 1.54) is 18.2 Å². The smallest absolute Gasteiger partial charge is 0.336 e. The Balaban J connectivity index is 1.95. The largest absolute Gasteiger partial charge is 0.423 e. The minimum atomic E-state index is -0.383.